The fourth-order valence-electron chi connectivity index (χ4n) is 3.28. The van der Waals surface area contributed by atoms with Gasteiger partial charge in [0.1, 0.15) is 12.4 Å². The highest BCUT2D eigenvalue weighted by atomic mass is 32.1. The standard InChI is InChI=1S/C18H17FN4O2S/c1-10-6-7-11-14(8-10)26-17-16(11)18(25)23(22-21-17)9-15(24)20-13-5-3-2-4-12(13)19/h2-5,10H,6-9H2,1H3,(H,20,24)/t10-/m0/s1. The first-order chi connectivity index (χ1) is 12.5. The molecule has 2 aromatic heterocycles. The Labute approximate surface area is 152 Å². The molecule has 26 heavy (non-hydrogen) atoms. The number of nitrogens with one attached hydrogen (secondary N) is 1. The number of nitrogens with zero attached hydrogens (tertiary/aromatic N) is 3. The van der Waals surface area contributed by atoms with E-state index < -0.39 is 11.7 Å². The Bertz CT molecular complexity index is 1060. The molecule has 0 radical (unpaired) electrons. The molecule has 8 heteroatoms. The number of amides is 1. The van der Waals surface area contributed by atoms with Crippen LogP contribution in [0, 0.1) is 11.7 Å². The topological polar surface area (TPSA) is 76.9 Å². The van der Waals surface area contributed by atoms with Gasteiger partial charge >= 0.3 is 0 Å². The van der Waals surface area contributed by atoms with Crippen molar-refractivity contribution in [3.05, 3.63) is 50.9 Å². The van der Waals surface area contributed by atoms with Crippen LogP contribution in [0.25, 0.3) is 10.2 Å². The molecule has 1 atom stereocenters. The van der Waals surface area contributed by atoms with Gasteiger partial charge in [-0.2, -0.15) is 0 Å². The summed E-state index contributed by atoms with van der Waals surface area (Å²) in [4.78, 5) is 26.8. The number of carbonyl (C=O) groups excluding carboxylic acids is 1. The third-order valence-electron chi connectivity index (χ3n) is 4.63. The highest BCUT2D eigenvalue weighted by Gasteiger charge is 2.24. The molecule has 2 heterocycles. The summed E-state index contributed by atoms with van der Waals surface area (Å²) in [5, 5.41) is 11.0. The van der Waals surface area contributed by atoms with Gasteiger partial charge < -0.3 is 5.32 Å². The smallest absolute Gasteiger partial charge is 0.279 e. The van der Waals surface area contributed by atoms with E-state index >= 15 is 0 Å². The minimum atomic E-state index is -0.532. The normalized spacial score (nSPS) is 16.5. The van der Waals surface area contributed by atoms with Gasteiger partial charge in [0.2, 0.25) is 5.91 Å². The Morgan fingerprint density at radius 2 is 2.23 bits per heavy atom. The fraction of sp³-hybridized carbons (Fsp3) is 0.333. The Balaban J connectivity index is 1.63. The third-order valence-corrected chi connectivity index (χ3v) is 5.76. The summed E-state index contributed by atoms with van der Waals surface area (Å²) >= 11 is 1.51. The Morgan fingerprint density at radius 3 is 3.04 bits per heavy atom. The van der Waals surface area contributed by atoms with Gasteiger partial charge in [-0.05, 0) is 42.9 Å². The number of thiophene rings is 1. The van der Waals surface area contributed by atoms with E-state index in [1.54, 1.807) is 6.07 Å². The molecule has 0 saturated heterocycles. The number of carbonyl (C=O) groups is 1. The third kappa shape index (κ3) is 3.01. The van der Waals surface area contributed by atoms with E-state index in [4.69, 9.17) is 0 Å². The largest absolute Gasteiger partial charge is 0.322 e. The second-order valence-corrected chi connectivity index (χ2v) is 7.70. The van der Waals surface area contributed by atoms with E-state index in [-0.39, 0.29) is 17.8 Å². The molecule has 1 aromatic carbocycles. The zero-order valence-electron chi connectivity index (χ0n) is 14.2. The van der Waals surface area contributed by atoms with Gasteiger partial charge in [0, 0.05) is 4.88 Å². The van der Waals surface area contributed by atoms with Crippen molar-refractivity contribution in [2.75, 3.05) is 5.32 Å². The van der Waals surface area contributed by atoms with Crippen LogP contribution in [-0.2, 0) is 24.2 Å². The fourth-order valence-corrected chi connectivity index (χ4v) is 4.60. The molecule has 0 fully saturated rings. The maximum Gasteiger partial charge on any atom is 0.279 e. The second-order valence-electron chi connectivity index (χ2n) is 6.61. The van der Waals surface area contributed by atoms with Crippen LogP contribution in [-0.4, -0.2) is 20.9 Å². The molecule has 0 unspecified atom stereocenters. The first kappa shape index (κ1) is 16.8. The van der Waals surface area contributed by atoms with Gasteiger partial charge in [-0.1, -0.05) is 24.3 Å². The Morgan fingerprint density at radius 1 is 1.42 bits per heavy atom. The van der Waals surface area contributed by atoms with Crippen molar-refractivity contribution in [1.29, 1.82) is 0 Å². The van der Waals surface area contributed by atoms with Crippen LogP contribution in [0.15, 0.2) is 29.1 Å². The monoisotopic (exact) mass is 372 g/mol. The van der Waals surface area contributed by atoms with Gasteiger partial charge in [0.25, 0.3) is 5.56 Å². The number of hydrogen-bond donors (Lipinski definition) is 1. The minimum absolute atomic E-state index is 0.0708. The van der Waals surface area contributed by atoms with Crippen LogP contribution in [0.2, 0.25) is 0 Å². The van der Waals surface area contributed by atoms with E-state index in [1.807, 2.05) is 0 Å². The summed E-state index contributed by atoms with van der Waals surface area (Å²) in [5.41, 5.74) is 0.804. The van der Waals surface area contributed by atoms with Crippen LogP contribution < -0.4 is 10.9 Å². The second kappa shape index (κ2) is 6.60. The molecule has 1 N–H and O–H groups in total. The maximum absolute atomic E-state index is 13.6. The van der Waals surface area contributed by atoms with Crippen molar-refractivity contribution in [2.45, 2.75) is 32.7 Å². The first-order valence-electron chi connectivity index (χ1n) is 8.45. The van der Waals surface area contributed by atoms with Crippen molar-refractivity contribution in [1.82, 2.24) is 15.0 Å². The Hall–Kier alpha value is -2.61. The van der Waals surface area contributed by atoms with Gasteiger partial charge in [0.15, 0.2) is 4.83 Å². The number of aryl methyl sites for hydroxylation is 1. The molecule has 3 aromatic rings. The molecule has 1 aliphatic carbocycles. The van der Waals surface area contributed by atoms with E-state index in [2.05, 4.69) is 22.6 Å². The van der Waals surface area contributed by atoms with Crippen molar-refractivity contribution in [3.63, 3.8) is 0 Å². The average molecular weight is 372 g/mol. The van der Waals surface area contributed by atoms with E-state index in [1.165, 1.54) is 34.4 Å². The minimum Gasteiger partial charge on any atom is -0.322 e. The lowest BCUT2D eigenvalue weighted by molar-refractivity contribution is -0.117. The SMILES string of the molecule is C[C@H]1CCc2c(sc3nnn(CC(=O)Nc4ccccc4F)c(=O)c23)C1. The number of halogens is 1. The zero-order chi connectivity index (χ0) is 18.3. The van der Waals surface area contributed by atoms with Gasteiger partial charge in [-0.25, -0.2) is 9.07 Å². The molecule has 6 nitrogen and oxygen atoms in total. The molecular weight excluding hydrogens is 355 g/mol. The first-order valence-corrected chi connectivity index (χ1v) is 9.27. The molecule has 4 rings (SSSR count). The molecule has 1 amide bonds. The van der Waals surface area contributed by atoms with Crippen LogP contribution >= 0.6 is 11.3 Å². The van der Waals surface area contributed by atoms with Crippen molar-refractivity contribution in [3.8, 4) is 0 Å². The number of fused-ring (bicyclic) bond motifs is 3. The van der Waals surface area contributed by atoms with Crippen LogP contribution in [0.1, 0.15) is 23.8 Å². The predicted octanol–water partition coefficient (Wildman–Crippen LogP) is 2.76. The lowest BCUT2D eigenvalue weighted by atomic mass is 9.89. The van der Waals surface area contributed by atoms with E-state index in [0.717, 1.165) is 29.5 Å². The van der Waals surface area contributed by atoms with Crippen molar-refractivity contribution >= 4 is 33.1 Å². The van der Waals surface area contributed by atoms with Gasteiger partial charge in [-0.15, -0.1) is 16.4 Å². The summed E-state index contributed by atoms with van der Waals surface area (Å²) in [6, 6.07) is 5.87. The van der Waals surface area contributed by atoms with Crippen molar-refractivity contribution in [2.24, 2.45) is 5.92 Å². The number of para-hydroxylation sites is 1. The number of anilines is 1. The lowest BCUT2D eigenvalue weighted by Gasteiger charge is -2.17. The molecular formula is C18H17FN4O2S. The molecule has 0 bridgehead atoms. The summed E-state index contributed by atoms with van der Waals surface area (Å²) < 4.78 is 14.7. The summed E-state index contributed by atoms with van der Waals surface area (Å²) in [6.07, 6.45) is 2.83. The summed E-state index contributed by atoms with van der Waals surface area (Å²) in [7, 11) is 0. The summed E-state index contributed by atoms with van der Waals surface area (Å²) in [6.45, 7) is 1.89. The number of benzene rings is 1. The highest BCUT2D eigenvalue weighted by Crippen LogP contribution is 2.35. The lowest BCUT2D eigenvalue weighted by Crippen LogP contribution is -2.30. The van der Waals surface area contributed by atoms with Crippen LogP contribution in [0.4, 0.5) is 10.1 Å². The van der Waals surface area contributed by atoms with E-state index in [0.29, 0.717) is 16.1 Å². The maximum atomic E-state index is 13.6. The van der Waals surface area contributed by atoms with Crippen LogP contribution in [0.3, 0.4) is 0 Å². The van der Waals surface area contributed by atoms with Gasteiger partial charge in [-0.3, -0.25) is 9.59 Å². The number of aromatic nitrogens is 3. The summed E-state index contributed by atoms with van der Waals surface area (Å²) in [5.74, 6) is -0.461. The zero-order valence-corrected chi connectivity index (χ0v) is 15.0. The molecule has 1 aliphatic rings. The molecule has 0 saturated carbocycles. The van der Waals surface area contributed by atoms with E-state index in [9.17, 15) is 14.0 Å². The Kier molecular flexibility index (Phi) is 4.28. The van der Waals surface area contributed by atoms with Crippen molar-refractivity contribution < 1.29 is 9.18 Å². The number of hydrogen-bond acceptors (Lipinski definition) is 5. The predicted molar refractivity (Wildman–Crippen MR) is 97.9 cm³/mol. The van der Waals surface area contributed by atoms with Crippen LogP contribution in [0.5, 0.6) is 0 Å². The highest BCUT2D eigenvalue weighted by molar-refractivity contribution is 7.18. The average Bonchev–Trinajstić information content (AvgIpc) is 2.97. The molecule has 134 valence electrons. The number of rotatable bonds is 3. The molecule has 0 aliphatic heterocycles. The quantitative estimate of drug-likeness (QED) is 0.767. The van der Waals surface area contributed by atoms with Gasteiger partial charge in [0.05, 0.1) is 11.1 Å². The molecule has 0 spiro atoms.